The Labute approximate surface area is 198 Å². The molecule has 1 saturated heterocycles. The van der Waals surface area contributed by atoms with Crippen LogP contribution in [0.5, 0.6) is 0 Å². The maximum atomic E-state index is 11.7. The monoisotopic (exact) mass is 466 g/mol. The van der Waals surface area contributed by atoms with Crippen LogP contribution in [0.4, 0.5) is 16.3 Å². The maximum absolute atomic E-state index is 11.7. The van der Waals surface area contributed by atoms with Crippen molar-refractivity contribution in [3.63, 3.8) is 0 Å². The molecule has 11 heteroatoms. The van der Waals surface area contributed by atoms with Crippen molar-refractivity contribution in [3.8, 4) is 11.5 Å². The first-order valence-electron chi connectivity index (χ1n) is 11.1. The number of carbonyl (C=O) groups is 2. The Morgan fingerprint density at radius 1 is 1.18 bits per heavy atom. The van der Waals surface area contributed by atoms with Gasteiger partial charge in [0.05, 0.1) is 11.4 Å². The zero-order valence-corrected chi connectivity index (χ0v) is 19.4. The third-order valence-corrected chi connectivity index (χ3v) is 5.32. The topological polar surface area (TPSA) is 139 Å². The summed E-state index contributed by atoms with van der Waals surface area (Å²) in [6.07, 6.45) is 5.28. The quantitative estimate of drug-likeness (QED) is 0.406. The van der Waals surface area contributed by atoms with Crippen molar-refractivity contribution in [1.29, 1.82) is 0 Å². The van der Waals surface area contributed by atoms with E-state index in [9.17, 15) is 4.79 Å². The van der Waals surface area contributed by atoms with Crippen LogP contribution in [0.2, 0.25) is 0 Å². The van der Waals surface area contributed by atoms with Crippen molar-refractivity contribution < 1.29 is 14.7 Å². The molecule has 180 valence electrons. The highest BCUT2D eigenvalue weighted by atomic mass is 16.3. The molecule has 0 bridgehead atoms. The number of imidazole rings is 1. The van der Waals surface area contributed by atoms with Gasteiger partial charge in [-0.2, -0.15) is 0 Å². The minimum absolute atomic E-state index is 0.234. The van der Waals surface area contributed by atoms with E-state index in [1.165, 1.54) is 5.69 Å². The molecule has 4 rings (SSSR count). The van der Waals surface area contributed by atoms with Gasteiger partial charge in [0.2, 0.25) is 0 Å². The van der Waals surface area contributed by atoms with Gasteiger partial charge in [0.25, 0.3) is 6.47 Å². The van der Waals surface area contributed by atoms with E-state index in [1.807, 2.05) is 32.0 Å². The molecule has 4 heterocycles. The Balaban J connectivity index is 0.00000103. The summed E-state index contributed by atoms with van der Waals surface area (Å²) in [5.74, 6) is 1.36. The number of piperazine rings is 1. The van der Waals surface area contributed by atoms with Gasteiger partial charge in [-0.25, -0.2) is 19.7 Å². The highest BCUT2D eigenvalue weighted by Crippen LogP contribution is 2.24. The zero-order chi connectivity index (χ0) is 24.3. The van der Waals surface area contributed by atoms with Gasteiger partial charge in [0, 0.05) is 57.9 Å². The molecule has 2 amide bonds. The van der Waals surface area contributed by atoms with Crippen LogP contribution in [0, 0.1) is 6.92 Å². The van der Waals surface area contributed by atoms with Crippen LogP contribution >= 0.6 is 0 Å². The normalized spacial score (nSPS) is 13.5. The SMILES string of the molecule is CCNC(=O)Nc1cc(CN2CCN(c3ccc(-c4ncc[nH]4)nc3C)CC2)ccn1.O=CO. The number of nitrogens with zero attached hydrogens (tertiary/aromatic N) is 5. The average molecular weight is 467 g/mol. The molecule has 0 aliphatic carbocycles. The minimum Gasteiger partial charge on any atom is -0.483 e. The summed E-state index contributed by atoms with van der Waals surface area (Å²) >= 11 is 0. The average Bonchev–Trinajstić information content (AvgIpc) is 3.36. The van der Waals surface area contributed by atoms with Gasteiger partial charge in [-0.3, -0.25) is 15.0 Å². The molecule has 0 atom stereocenters. The summed E-state index contributed by atoms with van der Waals surface area (Å²) in [4.78, 5) is 41.2. The zero-order valence-electron chi connectivity index (χ0n) is 19.4. The standard InChI is InChI=1S/C22H28N8O.CH2O2/c1-3-23-22(31)28-20-14-17(6-7-24-20)15-29-10-12-30(13-11-29)19-5-4-18(27-16(19)2)21-25-8-9-26-21;2-1-3/h4-9,14H,3,10-13,15H2,1-2H3,(H,25,26)(H2,23,24,28,31);1H,(H,2,3). The lowest BCUT2D eigenvalue weighted by molar-refractivity contribution is -0.122. The molecular formula is C23H30N8O3. The van der Waals surface area contributed by atoms with E-state index in [0.29, 0.717) is 12.4 Å². The van der Waals surface area contributed by atoms with E-state index < -0.39 is 0 Å². The molecule has 0 saturated carbocycles. The Kier molecular flexibility index (Phi) is 8.92. The van der Waals surface area contributed by atoms with Crippen molar-refractivity contribution in [2.24, 2.45) is 0 Å². The number of rotatable bonds is 6. The number of hydrogen-bond donors (Lipinski definition) is 4. The number of amides is 2. The molecule has 11 nitrogen and oxygen atoms in total. The Bertz CT molecular complexity index is 1070. The molecule has 3 aromatic rings. The number of carbonyl (C=O) groups excluding carboxylic acids is 1. The number of anilines is 2. The summed E-state index contributed by atoms with van der Waals surface area (Å²) in [6, 6.07) is 7.86. The number of urea groups is 1. The van der Waals surface area contributed by atoms with Crippen LogP contribution in [0.15, 0.2) is 42.9 Å². The van der Waals surface area contributed by atoms with Gasteiger partial charge >= 0.3 is 6.03 Å². The molecule has 0 radical (unpaired) electrons. The molecule has 1 aliphatic rings. The van der Waals surface area contributed by atoms with Crippen LogP contribution in [0.1, 0.15) is 18.2 Å². The largest absolute Gasteiger partial charge is 0.483 e. The van der Waals surface area contributed by atoms with E-state index in [4.69, 9.17) is 14.9 Å². The Morgan fingerprint density at radius 2 is 1.94 bits per heavy atom. The molecule has 0 aromatic carbocycles. The highest BCUT2D eigenvalue weighted by Gasteiger charge is 2.20. The van der Waals surface area contributed by atoms with Gasteiger partial charge in [-0.15, -0.1) is 0 Å². The number of pyridine rings is 2. The van der Waals surface area contributed by atoms with Gasteiger partial charge in [0.15, 0.2) is 5.82 Å². The van der Waals surface area contributed by atoms with Crippen molar-refractivity contribution >= 4 is 24.0 Å². The summed E-state index contributed by atoms with van der Waals surface area (Å²) in [5, 5.41) is 12.4. The number of carboxylic acid groups (broad SMARTS) is 1. The predicted octanol–water partition coefficient (Wildman–Crippen LogP) is 2.34. The van der Waals surface area contributed by atoms with Crippen LogP contribution in [0.25, 0.3) is 11.5 Å². The van der Waals surface area contributed by atoms with Crippen LogP contribution < -0.4 is 15.5 Å². The number of H-pyrrole nitrogens is 1. The molecule has 0 spiro atoms. The summed E-state index contributed by atoms with van der Waals surface area (Å²) in [7, 11) is 0. The summed E-state index contributed by atoms with van der Waals surface area (Å²) in [6.45, 7) is 8.89. The Hall–Kier alpha value is -3.99. The first kappa shape index (κ1) is 24.6. The predicted molar refractivity (Wildman–Crippen MR) is 130 cm³/mol. The second kappa shape index (κ2) is 12.3. The second-order valence-corrected chi connectivity index (χ2v) is 7.64. The fourth-order valence-corrected chi connectivity index (χ4v) is 3.79. The van der Waals surface area contributed by atoms with Gasteiger partial charge < -0.3 is 20.3 Å². The molecule has 1 fully saturated rings. The Morgan fingerprint density at radius 3 is 2.59 bits per heavy atom. The molecule has 0 unspecified atom stereocenters. The lowest BCUT2D eigenvalue weighted by Gasteiger charge is -2.36. The summed E-state index contributed by atoms with van der Waals surface area (Å²) < 4.78 is 0. The van der Waals surface area contributed by atoms with Crippen LogP contribution in [-0.4, -0.2) is 75.2 Å². The van der Waals surface area contributed by atoms with E-state index in [-0.39, 0.29) is 12.5 Å². The first-order chi connectivity index (χ1) is 16.5. The second-order valence-electron chi connectivity index (χ2n) is 7.64. The van der Waals surface area contributed by atoms with Gasteiger partial charge in [0.1, 0.15) is 11.5 Å². The number of aryl methyl sites for hydroxylation is 1. The lowest BCUT2D eigenvalue weighted by atomic mass is 10.2. The van der Waals surface area contributed by atoms with Crippen molar-refractivity contribution in [2.75, 3.05) is 42.9 Å². The minimum atomic E-state index is -0.250. The van der Waals surface area contributed by atoms with Gasteiger partial charge in [-0.05, 0) is 43.7 Å². The van der Waals surface area contributed by atoms with E-state index in [2.05, 4.69) is 41.5 Å². The third kappa shape index (κ3) is 6.75. The first-order valence-corrected chi connectivity index (χ1v) is 11.1. The van der Waals surface area contributed by atoms with E-state index >= 15 is 0 Å². The molecule has 34 heavy (non-hydrogen) atoms. The number of nitrogens with one attached hydrogen (secondary N) is 3. The third-order valence-electron chi connectivity index (χ3n) is 5.32. The summed E-state index contributed by atoms with van der Waals surface area (Å²) in [5.41, 5.74) is 4.18. The maximum Gasteiger partial charge on any atom is 0.320 e. The van der Waals surface area contributed by atoms with Crippen molar-refractivity contribution in [3.05, 3.63) is 54.1 Å². The number of aromatic amines is 1. The fraction of sp³-hybridized carbons (Fsp3) is 0.348. The highest BCUT2D eigenvalue weighted by molar-refractivity contribution is 5.88. The fourth-order valence-electron chi connectivity index (χ4n) is 3.79. The van der Waals surface area contributed by atoms with Gasteiger partial charge in [-0.1, -0.05) is 0 Å². The molecule has 1 aliphatic heterocycles. The molecular weight excluding hydrogens is 436 g/mol. The van der Waals surface area contributed by atoms with Crippen molar-refractivity contribution in [1.82, 2.24) is 30.2 Å². The molecule has 4 N–H and O–H groups in total. The number of hydrogen-bond acceptors (Lipinski definition) is 7. The number of aromatic nitrogens is 4. The van der Waals surface area contributed by atoms with Crippen molar-refractivity contribution in [2.45, 2.75) is 20.4 Å². The van der Waals surface area contributed by atoms with E-state index in [1.54, 1.807) is 18.6 Å². The smallest absolute Gasteiger partial charge is 0.320 e. The van der Waals surface area contributed by atoms with E-state index in [0.717, 1.165) is 55.5 Å². The van der Waals surface area contributed by atoms with Crippen LogP contribution in [0.3, 0.4) is 0 Å². The molecule has 3 aromatic heterocycles. The van der Waals surface area contributed by atoms with Crippen LogP contribution in [-0.2, 0) is 11.3 Å². The lowest BCUT2D eigenvalue weighted by Crippen LogP contribution is -2.46.